The van der Waals surface area contributed by atoms with Gasteiger partial charge in [-0.15, -0.1) is 0 Å². The smallest absolute Gasteiger partial charge is 0.138 e. The predicted octanol–water partition coefficient (Wildman–Crippen LogP) is 16.8. The van der Waals surface area contributed by atoms with Gasteiger partial charge in [0, 0.05) is 16.3 Å². The largest absolute Gasteiger partial charge is 0.456 e. The van der Waals surface area contributed by atoms with Gasteiger partial charge in [-0.3, -0.25) is 0 Å². The lowest BCUT2D eigenvalue weighted by atomic mass is 9.79. The highest BCUT2D eigenvalue weighted by Crippen LogP contribution is 2.48. The molecule has 0 spiro atoms. The molecule has 2 nitrogen and oxygen atoms in total. The molecule has 0 saturated heterocycles. The molecule has 302 valence electrons. The quantitative estimate of drug-likeness (QED) is 0.149. The minimum absolute atomic E-state index is 0.803. The fraction of sp³-hybridized carbons (Fsp3) is 0.200. The van der Waals surface area contributed by atoms with Gasteiger partial charge in [0.15, 0.2) is 0 Å². The van der Waals surface area contributed by atoms with E-state index in [1.807, 2.05) is 0 Å². The lowest BCUT2D eigenvalue weighted by Gasteiger charge is -2.26. The summed E-state index contributed by atoms with van der Waals surface area (Å²) in [7, 11) is 0. The first-order chi connectivity index (χ1) is 30.6. The van der Waals surface area contributed by atoms with E-state index >= 15 is 0 Å². The molecule has 0 saturated carbocycles. The lowest BCUT2D eigenvalue weighted by molar-refractivity contribution is 0.471. The van der Waals surface area contributed by atoms with Crippen LogP contribution in [0.4, 0.5) is 0 Å². The molecule has 0 aromatic heterocycles. The summed E-state index contributed by atoms with van der Waals surface area (Å²) in [5, 5.41) is 9.82. The zero-order valence-corrected chi connectivity index (χ0v) is 35.7. The maximum atomic E-state index is 7.37. The van der Waals surface area contributed by atoms with Crippen LogP contribution in [0.2, 0.25) is 0 Å². The fourth-order valence-corrected chi connectivity index (χ4v) is 11.2. The Hall–Kier alpha value is -6.64. The Labute approximate surface area is 364 Å². The van der Waals surface area contributed by atoms with Crippen LogP contribution in [0.5, 0.6) is 23.0 Å². The maximum absolute atomic E-state index is 7.37. The van der Waals surface area contributed by atoms with E-state index in [2.05, 4.69) is 159 Å². The third-order valence-corrected chi connectivity index (χ3v) is 14.4. The molecule has 8 aromatic rings. The van der Waals surface area contributed by atoms with Gasteiger partial charge in [0.05, 0.1) is 0 Å². The highest BCUT2D eigenvalue weighted by atomic mass is 16.5. The molecule has 8 aromatic carbocycles. The minimum Gasteiger partial charge on any atom is -0.456 e. The molecule has 0 N–H and O–H groups in total. The van der Waals surface area contributed by atoms with Gasteiger partial charge >= 0.3 is 0 Å². The molecular formula is C60H50O2. The molecule has 4 aliphatic carbocycles. The van der Waals surface area contributed by atoms with Gasteiger partial charge in [0.1, 0.15) is 23.0 Å². The van der Waals surface area contributed by atoms with Gasteiger partial charge in [0.2, 0.25) is 0 Å². The Morgan fingerprint density at radius 1 is 0.419 bits per heavy atom. The Bertz CT molecular complexity index is 3310. The molecule has 12 rings (SSSR count). The van der Waals surface area contributed by atoms with Crippen LogP contribution in [0.3, 0.4) is 0 Å². The number of aryl methyl sites for hydroxylation is 4. The van der Waals surface area contributed by atoms with Crippen molar-refractivity contribution in [2.75, 3.05) is 0 Å². The monoisotopic (exact) mass is 802 g/mol. The molecule has 2 heteroatoms. The topological polar surface area (TPSA) is 18.5 Å². The number of allylic oxidation sites excluding steroid dienone is 8. The van der Waals surface area contributed by atoms with Gasteiger partial charge in [-0.25, -0.2) is 0 Å². The molecular weight excluding hydrogens is 753 g/mol. The summed E-state index contributed by atoms with van der Waals surface area (Å²) in [5.41, 5.74) is 16.3. The molecule has 0 aliphatic heterocycles. The lowest BCUT2D eigenvalue weighted by Crippen LogP contribution is -2.07. The van der Waals surface area contributed by atoms with Crippen molar-refractivity contribution in [3.05, 3.63) is 190 Å². The first-order valence-corrected chi connectivity index (χ1v) is 23.0. The SMILES string of the molecule is CCc1ccc2c3c(ccc2c1Oc1ccc(Oc2c(CC)ccc4c5c(ccc24)C2=C(CCC=C2)CC5)c(-c2cccc4cc5ccccc5cc24)c1)C1=C(CCC=C1)CC3. The molecule has 0 bridgehead atoms. The molecule has 0 fully saturated rings. The highest BCUT2D eigenvalue weighted by Gasteiger charge is 2.25. The minimum atomic E-state index is 0.803. The van der Waals surface area contributed by atoms with Gasteiger partial charge in [-0.2, -0.15) is 0 Å². The summed E-state index contributed by atoms with van der Waals surface area (Å²) in [6.07, 6.45) is 20.2. The van der Waals surface area contributed by atoms with Crippen LogP contribution >= 0.6 is 0 Å². The number of ether oxygens (including phenoxy) is 2. The predicted molar refractivity (Wildman–Crippen MR) is 261 cm³/mol. The van der Waals surface area contributed by atoms with E-state index in [1.165, 1.54) is 100 Å². The molecule has 0 amide bonds. The van der Waals surface area contributed by atoms with E-state index in [0.717, 1.165) is 85.5 Å². The Morgan fingerprint density at radius 3 is 1.63 bits per heavy atom. The second kappa shape index (κ2) is 15.1. The van der Waals surface area contributed by atoms with Crippen molar-refractivity contribution in [1.29, 1.82) is 0 Å². The van der Waals surface area contributed by atoms with E-state index < -0.39 is 0 Å². The number of rotatable bonds is 7. The van der Waals surface area contributed by atoms with Crippen LogP contribution in [0.1, 0.15) is 85.8 Å². The van der Waals surface area contributed by atoms with Gasteiger partial charge in [0.25, 0.3) is 0 Å². The maximum Gasteiger partial charge on any atom is 0.138 e. The first kappa shape index (κ1) is 37.1. The van der Waals surface area contributed by atoms with Crippen molar-refractivity contribution in [1.82, 2.24) is 0 Å². The van der Waals surface area contributed by atoms with E-state index in [0.29, 0.717) is 0 Å². The summed E-state index contributed by atoms with van der Waals surface area (Å²) in [5.74, 6) is 3.53. The summed E-state index contributed by atoms with van der Waals surface area (Å²) in [6.45, 7) is 4.46. The standard InChI is InChI=1S/C60H50O2/c1-3-37-20-25-52-50-27-22-39-12-7-9-17-45(39)48(50)29-31-54(52)59(37)61-44-24-33-58(57(36-44)47-19-11-16-43-34-41-14-5-6-15-42(41)35-56(43)47)62-60-38(4-2)21-26-53-51-28-23-40-13-8-10-18-46(40)49(51)30-32-55(53)60/h5-6,9-11,14-21,24-26,29-36H,3-4,7-8,12-13,22-23,27-28H2,1-2H3. The average Bonchev–Trinajstić information content (AvgIpc) is 3.33. The van der Waals surface area contributed by atoms with Crippen molar-refractivity contribution >= 4 is 54.2 Å². The average molecular weight is 803 g/mol. The van der Waals surface area contributed by atoms with E-state index in [9.17, 15) is 0 Å². The second-order valence-electron chi connectivity index (χ2n) is 17.7. The molecule has 4 aliphatic rings. The summed E-state index contributed by atoms with van der Waals surface area (Å²) < 4.78 is 14.6. The molecule has 0 heterocycles. The van der Waals surface area contributed by atoms with Gasteiger partial charge in [-0.1, -0.05) is 128 Å². The van der Waals surface area contributed by atoms with Crippen LogP contribution in [0.15, 0.2) is 157 Å². The Balaban J connectivity index is 1.02. The molecule has 0 unspecified atom stereocenters. The number of benzene rings is 8. The second-order valence-corrected chi connectivity index (χ2v) is 17.7. The van der Waals surface area contributed by atoms with E-state index in [-0.39, 0.29) is 0 Å². The first-order valence-electron chi connectivity index (χ1n) is 23.0. The zero-order chi connectivity index (χ0) is 41.3. The normalized spacial score (nSPS) is 15.6. The van der Waals surface area contributed by atoms with Gasteiger partial charge in [-0.05, 0) is 189 Å². The van der Waals surface area contributed by atoms with Crippen molar-refractivity contribution in [2.45, 2.75) is 78.1 Å². The Morgan fingerprint density at radius 2 is 1.00 bits per heavy atom. The number of hydrogen-bond donors (Lipinski definition) is 0. The summed E-state index contributed by atoms with van der Waals surface area (Å²) >= 11 is 0. The summed E-state index contributed by atoms with van der Waals surface area (Å²) in [6, 6.07) is 45.1. The number of hydrogen-bond acceptors (Lipinski definition) is 2. The molecule has 0 radical (unpaired) electrons. The van der Waals surface area contributed by atoms with Crippen LogP contribution in [0, 0.1) is 0 Å². The molecule has 0 atom stereocenters. The van der Waals surface area contributed by atoms with E-state index in [4.69, 9.17) is 9.47 Å². The number of fused-ring (bicyclic) bond motifs is 10. The van der Waals surface area contributed by atoms with E-state index in [1.54, 1.807) is 11.1 Å². The summed E-state index contributed by atoms with van der Waals surface area (Å²) in [4.78, 5) is 0. The zero-order valence-electron chi connectivity index (χ0n) is 35.7. The van der Waals surface area contributed by atoms with Crippen LogP contribution in [-0.2, 0) is 25.7 Å². The molecule has 62 heavy (non-hydrogen) atoms. The van der Waals surface area contributed by atoms with Gasteiger partial charge < -0.3 is 9.47 Å². The van der Waals surface area contributed by atoms with Crippen LogP contribution in [0.25, 0.3) is 65.4 Å². The Kier molecular flexibility index (Phi) is 9.03. The third kappa shape index (κ3) is 6.06. The van der Waals surface area contributed by atoms with Crippen molar-refractivity contribution < 1.29 is 9.47 Å². The van der Waals surface area contributed by atoms with Crippen molar-refractivity contribution in [3.63, 3.8) is 0 Å². The third-order valence-electron chi connectivity index (χ3n) is 14.4. The van der Waals surface area contributed by atoms with Crippen LogP contribution in [-0.4, -0.2) is 0 Å². The van der Waals surface area contributed by atoms with Crippen molar-refractivity contribution in [2.24, 2.45) is 0 Å². The van der Waals surface area contributed by atoms with Crippen molar-refractivity contribution in [3.8, 4) is 34.1 Å². The highest BCUT2D eigenvalue weighted by molar-refractivity contribution is 6.06. The fourth-order valence-electron chi connectivity index (χ4n) is 11.2. The van der Waals surface area contributed by atoms with Crippen LogP contribution < -0.4 is 9.47 Å².